The van der Waals surface area contributed by atoms with Gasteiger partial charge in [-0.25, -0.2) is 4.98 Å². The molecule has 1 aromatic carbocycles. The van der Waals surface area contributed by atoms with E-state index in [0.29, 0.717) is 6.04 Å². The Morgan fingerprint density at radius 3 is 2.72 bits per heavy atom. The molecule has 1 aliphatic rings. The van der Waals surface area contributed by atoms with E-state index in [1.165, 1.54) is 43.2 Å². The first kappa shape index (κ1) is 11.8. The summed E-state index contributed by atoms with van der Waals surface area (Å²) in [4.78, 5) is 4.34. The molecular formula is C14H19N3S. The third kappa shape index (κ3) is 2.29. The van der Waals surface area contributed by atoms with Gasteiger partial charge in [0.25, 0.3) is 0 Å². The molecule has 2 aromatic rings. The maximum absolute atomic E-state index is 6.20. The lowest BCUT2D eigenvalue weighted by molar-refractivity contribution is 0.620. The quantitative estimate of drug-likeness (QED) is 0.634. The molecule has 0 unspecified atom stereocenters. The van der Waals surface area contributed by atoms with Gasteiger partial charge in [-0.3, -0.25) is 0 Å². The van der Waals surface area contributed by atoms with Crippen LogP contribution in [0.2, 0.25) is 0 Å². The van der Waals surface area contributed by atoms with E-state index in [-0.39, 0.29) is 0 Å². The summed E-state index contributed by atoms with van der Waals surface area (Å²) in [7, 11) is 0. The third-order valence-corrected chi connectivity index (χ3v) is 4.55. The smallest absolute Gasteiger partial charge is 0.106 e. The van der Waals surface area contributed by atoms with Crippen LogP contribution in [0.4, 0.5) is 11.4 Å². The molecule has 1 aliphatic carbocycles. The Kier molecular flexibility index (Phi) is 3.37. The van der Waals surface area contributed by atoms with E-state index in [2.05, 4.69) is 22.4 Å². The Morgan fingerprint density at radius 2 is 1.94 bits per heavy atom. The summed E-state index contributed by atoms with van der Waals surface area (Å²) >= 11 is 1.64. The molecule has 0 radical (unpaired) electrons. The minimum absolute atomic E-state index is 0.575. The highest BCUT2D eigenvalue weighted by atomic mass is 32.1. The Hall–Kier alpha value is -1.29. The predicted octanol–water partition coefficient (Wildman–Crippen LogP) is 4.01. The number of nitrogens with zero attached hydrogens (tertiary/aromatic N) is 1. The van der Waals surface area contributed by atoms with Gasteiger partial charge in [0, 0.05) is 6.04 Å². The van der Waals surface area contributed by atoms with Crippen molar-refractivity contribution in [1.29, 1.82) is 0 Å². The van der Waals surface area contributed by atoms with Crippen LogP contribution < -0.4 is 11.1 Å². The van der Waals surface area contributed by atoms with Gasteiger partial charge >= 0.3 is 0 Å². The third-order valence-electron chi connectivity index (χ3n) is 3.76. The van der Waals surface area contributed by atoms with Crippen LogP contribution >= 0.6 is 11.3 Å². The van der Waals surface area contributed by atoms with E-state index < -0.39 is 0 Å². The summed E-state index contributed by atoms with van der Waals surface area (Å²) in [5, 5.41) is 3.61. The molecule has 4 heteroatoms. The second kappa shape index (κ2) is 5.14. The average molecular weight is 261 g/mol. The van der Waals surface area contributed by atoms with Crippen molar-refractivity contribution in [3.63, 3.8) is 0 Å². The summed E-state index contributed by atoms with van der Waals surface area (Å²) < 4.78 is 1.17. The van der Waals surface area contributed by atoms with Crippen molar-refractivity contribution in [2.24, 2.45) is 0 Å². The molecule has 1 saturated carbocycles. The molecule has 0 spiro atoms. The summed E-state index contributed by atoms with van der Waals surface area (Å²) in [6.45, 7) is 0. The molecule has 18 heavy (non-hydrogen) atoms. The van der Waals surface area contributed by atoms with E-state index in [0.717, 1.165) is 16.9 Å². The number of anilines is 2. The van der Waals surface area contributed by atoms with Gasteiger partial charge in [-0.2, -0.15) is 0 Å². The number of hydrogen-bond acceptors (Lipinski definition) is 4. The molecule has 1 aromatic heterocycles. The Bertz CT molecular complexity index is 527. The zero-order chi connectivity index (χ0) is 12.4. The fraction of sp³-hybridized carbons (Fsp3) is 0.500. The monoisotopic (exact) mass is 261 g/mol. The summed E-state index contributed by atoms with van der Waals surface area (Å²) in [6, 6.07) is 4.79. The number of benzene rings is 1. The molecule has 1 fully saturated rings. The molecule has 0 saturated heterocycles. The number of nitrogens with two attached hydrogens (primary N) is 1. The Balaban J connectivity index is 1.82. The van der Waals surface area contributed by atoms with Crippen molar-refractivity contribution in [3.8, 4) is 0 Å². The molecule has 1 heterocycles. The number of hydrogen-bond donors (Lipinski definition) is 2. The van der Waals surface area contributed by atoms with E-state index >= 15 is 0 Å². The van der Waals surface area contributed by atoms with Gasteiger partial charge in [0.15, 0.2) is 0 Å². The standard InChI is InChI=1S/C14H19N3S/c15-13-11(7-8-12-14(13)16-9-18-12)17-10-5-3-1-2-4-6-10/h7-10,17H,1-6,15H2. The minimum Gasteiger partial charge on any atom is -0.395 e. The average Bonchev–Trinajstić information content (AvgIpc) is 2.71. The van der Waals surface area contributed by atoms with Gasteiger partial charge in [0.2, 0.25) is 0 Å². The molecule has 3 nitrogen and oxygen atoms in total. The van der Waals surface area contributed by atoms with Crippen LogP contribution in [0, 0.1) is 0 Å². The van der Waals surface area contributed by atoms with Gasteiger partial charge in [-0.15, -0.1) is 11.3 Å². The normalized spacial score (nSPS) is 17.8. The lowest BCUT2D eigenvalue weighted by Gasteiger charge is -2.19. The van der Waals surface area contributed by atoms with Crippen LogP contribution in [0.15, 0.2) is 17.6 Å². The van der Waals surface area contributed by atoms with Crippen LogP contribution in [0.25, 0.3) is 10.2 Å². The fourth-order valence-corrected chi connectivity index (χ4v) is 3.41. The van der Waals surface area contributed by atoms with E-state index in [1.807, 2.05) is 5.51 Å². The van der Waals surface area contributed by atoms with E-state index in [1.54, 1.807) is 11.3 Å². The number of fused-ring (bicyclic) bond motifs is 1. The molecule has 3 rings (SSSR count). The first-order valence-corrected chi connectivity index (χ1v) is 7.61. The van der Waals surface area contributed by atoms with Gasteiger partial charge in [-0.05, 0) is 25.0 Å². The van der Waals surface area contributed by atoms with Crippen LogP contribution in [0.1, 0.15) is 38.5 Å². The summed E-state index contributed by atoms with van der Waals surface area (Å²) in [5.74, 6) is 0. The molecule has 96 valence electrons. The van der Waals surface area contributed by atoms with Crippen molar-refractivity contribution in [1.82, 2.24) is 4.98 Å². The molecule has 0 amide bonds. The van der Waals surface area contributed by atoms with Crippen molar-refractivity contribution < 1.29 is 0 Å². The SMILES string of the molecule is Nc1c(NC2CCCCCC2)ccc2scnc12. The number of thiazole rings is 1. The highest BCUT2D eigenvalue weighted by Gasteiger charge is 2.14. The minimum atomic E-state index is 0.575. The number of nitrogens with one attached hydrogen (secondary N) is 1. The van der Waals surface area contributed by atoms with Crippen molar-refractivity contribution in [2.45, 2.75) is 44.6 Å². The van der Waals surface area contributed by atoms with Crippen molar-refractivity contribution in [2.75, 3.05) is 11.1 Å². The predicted molar refractivity (Wildman–Crippen MR) is 79.1 cm³/mol. The molecule has 0 bridgehead atoms. The largest absolute Gasteiger partial charge is 0.395 e. The van der Waals surface area contributed by atoms with Gasteiger partial charge < -0.3 is 11.1 Å². The van der Waals surface area contributed by atoms with E-state index in [4.69, 9.17) is 5.73 Å². The van der Waals surface area contributed by atoms with Gasteiger partial charge in [0.1, 0.15) is 5.52 Å². The lowest BCUT2D eigenvalue weighted by atomic mass is 10.1. The van der Waals surface area contributed by atoms with Crippen LogP contribution in [0.3, 0.4) is 0 Å². The van der Waals surface area contributed by atoms with Crippen LogP contribution in [0.5, 0.6) is 0 Å². The summed E-state index contributed by atoms with van der Waals surface area (Å²) in [5.41, 5.74) is 10.9. The van der Waals surface area contributed by atoms with Crippen molar-refractivity contribution in [3.05, 3.63) is 17.6 Å². The molecule has 0 atom stereocenters. The number of aromatic nitrogens is 1. The van der Waals surface area contributed by atoms with Gasteiger partial charge in [-0.1, -0.05) is 25.7 Å². The topological polar surface area (TPSA) is 50.9 Å². The number of nitrogen functional groups attached to an aromatic ring is 1. The van der Waals surface area contributed by atoms with Gasteiger partial charge in [0.05, 0.1) is 21.6 Å². The van der Waals surface area contributed by atoms with E-state index in [9.17, 15) is 0 Å². The lowest BCUT2D eigenvalue weighted by Crippen LogP contribution is -2.19. The molecule has 0 aliphatic heterocycles. The maximum atomic E-state index is 6.20. The highest BCUT2D eigenvalue weighted by Crippen LogP contribution is 2.31. The second-order valence-corrected chi connectivity index (χ2v) is 5.95. The zero-order valence-electron chi connectivity index (χ0n) is 10.5. The summed E-state index contributed by atoms with van der Waals surface area (Å²) in [6.07, 6.45) is 7.92. The van der Waals surface area contributed by atoms with Crippen molar-refractivity contribution >= 4 is 32.9 Å². The Labute approximate surface area is 111 Å². The fourth-order valence-electron chi connectivity index (χ4n) is 2.72. The first-order chi connectivity index (χ1) is 8.84. The zero-order valence-corrected chi connectivity index (χ0v) is 11.3. The molecular weight excluding hydrogens is 242 g/mol. The molecule has 3 N–H and O–H groups in total. The maximum Gasteiger partial charge on any atom is 0.106 e. The Morgan fingerprint density at radius 1 is 1.17 bits per heavy atom. The highest BCUT2D eigenvalue weighted by molar-refractivity contribution is 7.16. The van der Waals surface area contributed by atoms with Crippen LogP contribution in [-0.2, 0) is 0 Å². The second-order valence-electron chi connectivity index (χ2n) is 5.06. The number of rotatable bonds is 2. The van der Waals surface area contributed by atoms with Crippen LogP contribution in [-0.4, -0.2) is 11.0 Å². The first-order valence-electron chi connectivity index (χ1n) is 6.73.